The van der Waals surface area contributed by atoms with Gasteiger partial charge in [-0.3, -0.25) is 0 Å². The monoisotopic (exact) mass is 157 g/mol. The molecule has 1 aliphatic heterocycles. The molecule has 66 valence electrons. The first-order valence-corrected chi connectivity index (χ1v) is 4.39. The van der Waals surface area contributed by atoms with E-state index in [4.69, 9.17) is 4.74 Å². The Morgan fingerprint density at radius 2 is 2.09 bits per heavy atom. The molecule has 0 amide bonds. The summed E-state index contributed by atoms with van der Waals surface area (Å²) >= 11 is 0. The molecule has 2 heteroatoms. The smallest absolute Gasteiger partial charge is 0.0591 e. The van der Waals surface area contributed by atoms with Crippen LogP contribution in [0, 0.1) is 11.3 Å². The minimum absolute atomic E-state index is 0.372. The summed E-state index contributed by atoms with van der Waals surface area (Å²) in [7, 11) is 0. The summed E-state index contributed by atoms with van der Waals surface area (Å²) in [5.41, 5.74) is 0.372. The molecule has 1 saturated heterocycles. The van der Waals surface area contributed by atoms with Gasteiger partial charge in [0.2, 0.25) is 0 Å². The Morgan fingerprint density at radius 1 is 1.36 bits per heavy atom. The number of nitrogens with one attached hydrogen (secondary N) is 1. The molecule has 2 nitrogen and oxygen atoms in total. The Balaban J connectivity index is 2.43. The van der Waals surface area contributed by atoms with E-state index in [1.54, 1.807) is 0 Å². The lowest BCUT2D eigenvalue weighted by Gasteiger charge is -2.28. The quantitative estimate of drug-likeness (QED) is 0.571. The van der Waals surface area contributed by atoms with Crippen molar-refractivity contribution in [1.82, 2.24) is 5.32 Å². The van der Waals surface area contributed by atoms with Gasteiger partial charge in [0.25, 0.3) is 0 Å². The lowest BCUT2D eigenvalue weighted by molar-refractivity contribution is 0.0797. The predicted molar refractivity (Wildman–Crippen MR) is 46.6 cm³/mol. The van der Waals surface area contributed by atoms with Crippen LogP contribution in [0.25, 0.3) is 0 Å². The third-order valence-electron chi connectivity index (χ3n) is 2.36. The summed E-state index contributed by atoms with van der Waals surface area (Å²) in [5, 5.41) is 3.38. The van der Waals surface area contributed by atoms with Crippen molar-refractivity contribution in [3.63, 3.8) is 0 Å². The van der Waals surface area contributed by atoms with Gasteiger partial charge >= 0.3 is 0 Å². The molecule has 0 radical (unpaired) electrons. The van der Waals surface area contributed by atoms with Gasteiger partial charge < -0.3 is 10.1 Å². The maximum Gasteiger partial charge on any atom is 0.0591 e. The van der Waals surface area contributed by atoms with Crippen molar-refractivity contribution in [3.8, 4) is 0 Å². The highest BCUT2D eigenvalue weighted by Crippen LogP contribution is 2.25. The normalized spacial score (nSPS) is 28.1. The van der Waals surface area contributed by atoms with Crippen LogP contribution in [0.5, 0.6) is 0 Å². The molecular weight excluding hydrogens is 138 g/mol. The summed E-state index contributed by atoms with van der Waals surface area (Å²) in [6.45, 7) is 10.7. The van der Waals surface area contributed by atoms with Gasteiger partial charge in [-0.15, -0.1) is 0 Å². The molecule has 0 aromatic rings. The molecule has 0 aromatic heterocycles. The summed E-state index contributed by atoms with van der Waals surface area (Å²) in [5.74, 6) is 0.657. The van der Waals surface area contributed by atoms with Gasteiger partial charge in [-0.25, -0.2) is 0 Å². The summed E-state index contributed by atoms with van der Waals surface area (Å²) in [6.07, 6.45) is 0. The van der Waals surface area contributed by atoms with Crippen LogP contribution in [0.4, 0.5) is 0 Å². The zero-order valence-corrected chi connectivity index (χ0v) is 7.81. The highest BCUT2D eigenvalue weighted by molar-refractivity contribution is 4.77. The fourth-order valence-corrected chi connectivity index (χ4v) is 1.26. The van der Waals surface area contributed by atoms with Crippen molar-refractivity contribution < 1.29 is 4.74 Å². The lowest BCUT2D eigenvalue weighted by atomic mass is 9.81. The van der Waals surface area contributed by atoms with Gasteiger partial charge in [-0.1, -0.05) is 20.8 Å². The molecule has 0 aliphatic carbocycles. The largest absolute Gasteiger partial charge is 0.380 e. The highest BCUT2D eigenvalue weighted by Gasteiger charge is 2.25. The van der Waals surface area contributed by atoms with Gasteiger partial charge in [-0.2, -0.15) is 0 Å². The maximum absolute atomic E-state index is 5.47. The zero-order chi connectivity index (χ0) is 8.32. The third-order valence-corrected chi connectivity index (χ3v) is 2.36. The fourth-order valence-electron chi connectivity index (χ4n) is 1.26. The second kappa shape index (κ2) is 3.55. The Morgan fingerprint density at radius 3 is 2.73 bits per heavy atom. The topological polar surface area (TPSA) is 21.3 Å². The van der Waals surface area contributed by atoms with E-state index >= 15 is 0 Å². The van der Waals surface area contributed by atoms with E-state index in [-0.39, 0.29) is 0 Å². The minimum atomic E-state index is 0.372. The van der Waals surface area contributed by atoms with E-state index in [0.717, 1.165) is 26.3 Å². The van der Waals surface area contributed by atoms with Crippen LogP contribution >= 0.6 is 0 Å². The van der Waals surface area contributed by atoms with Crippen molar-refractivity contribution in [2.24, 2.45) is 11.3 Å². The van der Waals surface area contributed by atoms with Gasteiger partial charge in [0.05, 0.1) is 13.2 Å². The average molecular weight is 157 g/mol. The molecule has 0 spiro atoms. The van der Waals surface area contributed by atoms with Crippen LogP contribution in [0.3, 0.4) is 0 Å². The van der Waals surface area contributed by atoms with E-state index in [1.807, 2.05) is 0 Å². The average Bonchev–Trinajstić information content (AvgIpc) is 2.10. The molecule has 0 unspecified atom stereocenters. The molecule has 1 rings (SSSR count). The summed E-state index contributed by atoms with van der Waals surface area (Å²) in [6, 6.07) is 0. The minimum Gasteiger partial charge on any atom is -0.380 e. The number of ether oxygens (including phenoxy) is 1. The highest BCUT2D eigenvalue weighted by atomic mass is 16.5. The summed E-state index contributed by atoms with van der Waals surface area (Å²) < 4.78 is 5.47. The summed E-state index contributed by atoms with van der Waals surface area (Å²) in [4.78, 5) is 0. The fraction of sp³-hybridized carbons (Fsp3) is 1.00. The van der Waals surface area contributed by atoms with Gasteiger partial charge in [0, 0.05) is 13.1 Å². The van der Waals surface area contributed by atoms with Gasteiger partial charge in [0.1, 0.15) is 0 Å². The van der Waals surface area contributed by atoms with E-state index in [0.29, 0.717) is 11.3 Å². The molecule has 1 atom stereocenters. The van der Waals surface area contributed by atoms with E-state index in [1.165, 1.54) is 0 Å². The van der Waals surface area contributed by atoms with E-state index in [2.05, 4.69) is 26.1 Å². The van der Waals surface area contributed by atoms with Gasteiger partial charge in [-0.05, 0) is 11.3 Å². The lowest BCUT2D eigenvalue weighted by Crippen LogP contribution is -2.32. The molecule has 1 aliphatic rings. The molecule has 1 heterocycles. The van der Waals surface area contributed by atoms with Crippen LogP contribution in [0.1, 0.15) is 20.8 Å². The number of hydrogen-bond acceptors (Lipinski definition) is 2. The van der Waals surface area contributed by atoms with Crippen molar-refractivity contribution in [2.45, 2.75) is 20.8 Å². The zero-order valence-electron chi connectivity index (χ0n) is 7.81. The van der Waals surface area contributed by atoms with Crippen LogP contribution in [0.15, 0.2) is 0 Å². The van der Waals surface area contributed by atoms with Crippen molar-refractivity contribution in [2.75, 3.05) is 26.3 Å². The van der Waals surface area contributed by atoms with E-state index in [9.17, 15) is 0 Å². The third kappa shape index (κ3) is 2.80. The second-order valence-corrected chi connectivity index (χ2v) is 4.34. The second-order valence-electron chi connectivity index (χ2n) is 4.34. The van der Waals surface area contributed by atoms with Crippen LogP contribution in [0.2, 0.25) is 0 Å². The maximum atomic E-state index is 5.47. The molecule has 0 aromatic carbocycles. The van der Waals surface area contributed by atoms with Crippen molar-refractivity contribution in [1.29, 1.82) is 0 Å². The van der Waals surface area contributed by atoms with Crippen LogP contribution in [-0.4, -0.2) is 26.3 Å². The number of rotatable bonds is 0. The Bertz CT molecular complexity index is 109. The Labute approximate surface area is 69.3 Å². The first-order chi connectivity index (χ1) is 5.11. The first-order valence-electron chi connectivity index (χ1n) is 4.39. The van der Waals surface area contributed by atoms with Crippen LogP contribution < -0.4 is 5.32 Å². The predicted octanol–water partition coefficient (Wildman–Crippen LogP) is 1.27. The van der Waals surface area contributed by atoms with E-state index < -0.39 is 0 Å². The Kier molecular flexibility index (Phi) is 2.90. The standard InChI is InChI=1S/C9H19NO/c1-9(2,3)8-6-10-4-5-11-7-8/h8,10H,4-7H2,1-3H3/t8-/m0/s1. The molecule has 0 bridgehead atoms. The first kappa shape index (κ1) is 9.01. The van der Waals surface area contributed by atoms with Crippen molar-refractivity contribution >= 4 is 0 Å². The molecule has 0 saturated carbocycles. The van der Waals surface area contributed by atoms with Crippen molar-refractivity contribution in [3.05, 3.63) is 0 Å². The van der Waals surface area contributed by atoms with Crippen LogP contribution in [-0.2, 0) is 4.74 Å². The molecular formula is C9H19NO. The van der Waals surface area contributed by atoms with Gasteiger partial charge in [0.15, 0.2) is 0 Å². The molecule has 11 heavy (non-hydrogen) atoms. The Hall–Kier alpha value is -0.0800. The molecule has 1 fully saturated rings. The molecule has 1 N–H and O–H groups in total. The SMILES string of the molecule is CC(C)(C)[C@H]1CNCCOC1. The number of hydrogen-bond donors (Lipinski definition) is 1.